The lowest BCUT2D eigenvalue weighted by molar-refractivity contribution is 0.0652. The summed E-state index contributed by atoms with van der Waals surface area (Å²) in [6.45, 7) is 0.419. The maximum Gasteiger partial charge on any atom is 0.261 e. The molecule has 6 heteroatoms. The molecule has 0 saturated heterocycles. The van der Waals surface area contributed by atoms with Crippen LogP contribution in [0.3, 0.4) is 0 Å². The highest BCUT2D eigenvalue weighted by Crippen LogP contribution is 2.23. The van der Waals surface area contributed by atoms with Gasteiger partial charge in [-0.1, -0.05) is 12.1 Å². The van der Waals surface area contributed by atoms with Gasteiger partial charge in [-0.3, -0.25) is 14.5 Å². The zero-order chi connectivity index (χ0) is 14.8. The van der Waals surface area contributed by atoms with E-state index in [0.29, 0.717) is 30.0 Å². The van der Waals surface area contributed by atoms with Crippen molar-refractivity contribution in [2.24, 2.45) is 0 Å². The first kappa shape index (κ1) is 14.2. The summed E-state index contributed by atoms with van der Waals surface area (Å²) in [7, 11) is 0. The van der Waals surface area contributed by atoms with Crippen molar-refractivity contribution in [3.8, 4) is 0 Å². The average Bonchev–Trinajstić information content (AvgIpc) is 3.06. The van der Waals surface area contributed by atoms with E-state index in [0.717, 1.165) is 17.1 Å². The van der Waals surface area contributed by atoms with Gasteiger partial charge in [0.15, 0.2) is 0 Å². The number of imide groups is 1. The van der Waals surface area contributed by atoms with Gasteiger partial charge < -0.3 is 0 Å². The molecule has 0 aliphatic carbocycles. The van der Waals surface area contributed by atoms with Gasteiger partial charge in [-0.15, -0.1) is 22.9 Å². The topological polar surface area (TPSA) is 50.3 Å². The van der Waals surface area contributed by atoms with Crippen molar-refractivity contribution in [1.82, 2.24) is 9.88 Å². The molecule has 0 spiro atoms. The number of aromatic nitrogens is 1. The van der Waals surface area contributed by atoms with Gasteiger partial charge in [-0.25, -0.2) is 4.98 Å². The second kappa shape index (κ2) is 5.95. The fraction of sp³-hybridized carbons (Fsp3) is 0.267. The number of hydrogen-bond acceptors (Lipinski definition) is 4. The molecule has 3 rings (SSSR count). The summed E-state index contributed by atoms with van der Waals surface area (Å²) >= 11 is 7.28. The highest BCUT2D eigenvalue weighted by molar-refractivity contribution is 7.09. The van der Waals surface area contributed by atoms with Gasteiger partial charge in [-0.05, 0) is 18.6 Å². The Morgan fingerprint density at radius 3 is 2.38 bits per heavy atom. The van der Waals surface area contributed by atoms with Crippen molar-refractivity contribution in [1.29, 1.82) is 0 Å². The van der Waals surface area contributed by atoms with E-state index >= 15 is 0 Å². The summed E-state index contributed by atoms with van der Waals surface area (Å²) in [6, 6.07) is 6.94. The van der Waals surface area contributed by atoms with Crippen LogP contribution in [0.5, 0.6) is 0 Å². The van der Waals surface area contributed by atoms with Crippen LogP contribution in [-0.4, -0.2) is 28.2 Å². The third-order valence-corrected chi connectivity index (χ3v) is 4.62. The van der Waals surface area contributed by atoms with Crippen LogP contribution in [0.15, 0.2) is 29.6 Å². The van der Waals surface area contributed by atoms with E-state index in [4.69, 9.17) is 11.6 Å². The third-order valence-electron chi connectivity index (χ3n) is 3.39. The molecule has 0 N–H and O–H groups in total. The number of carbonyl (C=O) groups excluding carboxylic acids is 2. The Morgan fingerprint density at radius 1 is 1.14 bits per heavy atom. The lowest BCUT2D eigenvalue weighted by atomic mass is 10.1. The lowest BCUT2D eigenvalue weighted by Gasteiger charge is -2.12. The van der Waals surface area contributed by atoms with E-state index < -0.39 is 0 Å². The molecule has 0 bridgehead atoms. The van der Waals surface area contributed by atoms with Gasteiger partial charge in [0.05, 0.1) is 27.7 Å². The van der Waals surface area contributed by atoms with Crippen molar-refractivity contribution in [3.63, 3.8) is 0 Å². The number of nitrogens with zero attached hydrogens (tertiary/aromatic N) is 2. The zero-order valence-electron chi connectivity index (χ0n) is 11.2. The summed E-state index contributed by atoms with van der Waals surface area (Å²) in [4.78, 5) is 30.0. The minimum atomic E-state index is -0.198. The molecular weight excluding hydrogens is 308 g/mol. The first-order valence-electron chi connectivity index (χ1n) is 6.65. The van der Waals surface area contributed by atoms with Crippen LogP contribution in [-0.2, 0) is 12.3 Å². The largest absolute Gasteiger partial charge is 0.274 e. The molecule has 21 heavy (non-hydrogen) atoms. The van der Waals surface area contributed by atoms with Crippen LogP contribution in [0.4, 0.5) is 0 Å². The average molecular weight is 321 g/mol. The number of hydrogen-bond donors (Lipinski definition) is 0. The monoisotopic (exact) mass is 320 g/mol. The Kier molecular flexibility index (Phi) is 4.03. The summed E-state index contributed by atoms with van der Waals surface area (Å²) in [5, 5.41) is 2.92. The number of fused-ring (bicyclic) bond motifs is 1. The summed E-state index contributed by atoms with van der Waals surface area (Å²) in [5.41, 5.74) is 1.87. The van der Waals surface area contributed by atoms with Crippen LogP contribution in [0, 0.1) is 0 Å². The number of amides is 2. The number of thiazole rings is 1. The van der Waals surface area contributed by atoms with Crippen LogP contribution >= 0.6 is 22.9 Å². The number of carbonyl (C=O) groups is 2. The molecule has 0 atom stereocenters. The van der Waals surface area contributed by atoms with Crippen molar-refractivity contribution in [2.45, 2.75) is 18.7 Å². The van der Waals surface area contributed by atoms with E-state index in [2.05, 4.69) is 4.98 Å². The lowest BCUT2D eigenvalue weighted by Crippen LogP contribution is -2.30. The van der Waals surface area contributed by atoms with E-state index in [1.54, 1.807) is 35.6 Å². The predicted octanol–water partition coefficient (Wildman–Crippen LogP) is 3.11. The van der Waals surface area contributed by atoms with Crippen molar-refractivity contribution in [3.05, 3.63) is 51.5 Å². The molecule has 0 unspecified atom stereocenters. The minimum Gasteiger partial charge on any atom is -0.274 e. The number of alkyl halides is 1. The molecule has 1 aliphatic rings. The summed E-state index contributed by atoms with van der Waals surface area (Å²) in [6.07, 6.45) is 1.45. The number of halogens is 1. The Labute approximate surface area is 131 Å². The molecule has 2 amide bonds. The van der Waals surface area contributed by atoms with E-state index in [9.17, 15) is 9.59 Å². The highest BCUT2D eigenvalue weighted by Gasteiger charge is 2.34. The fourth-order valence-corrected chi connectivity index (χ4v) is 3.42. The molecule has 0 fully saturated rings. The first-order valence-corrected chi connectivity index (χ1v) is 8.06. The first-order chi connectivity index (χ1) is 10.2. The second-order valence-electron chi connectivity index (χ2n) is 4.78. The second-order valence-corrected chi connectivity index (χ2v) is 5.99. The molecule has 2 heterocycles. The molecule has 0 saturated carbocycles. The van der Waals surface area contributed by atoms with Crippen molar-refractivity contribution < 1.29 is 9.59 Å². The molecule has 2 aromatic rings. The Morgan fingerprint density at radius 2 is 1.81 bits per heavy atom. The Hall–Kier alpha value is -1.72. The highest BCUT2D eigenvalue weighted by atomic mass is 35.5. The van der Waals surface area contributed by atoms with Gasteiger partial charge in [0.2, 0.25) is 0 Å². The molecule has 0 radical (unpaired) electrons. The van der Waals surface area contributed by atoms with Gasteiger partial charge in [0.1, 0.15) is 0 Å². The van der Waals surface area contributed by atoms with Gasteiger partial charge in [0.25, 0.3) is 11.8 Å². The van der Waals surface area contributed by atoms with Gasteiger partial charge >= 0.3 is 0 Å². The van der Waals surface area contributed by atoms with Gasteiger partial charge in [0, 0.05) is 18.3 Å². The predicted molar refractivity (Wildman–Crippen MR) is 81.8 cm³/mol. The quantitative estimate of drug-likeness (QED) is 0.628. The molecule has 1 aliphatic heterocycles. The minimum absolute atomic E-state index is 0.198. The Balaban J connectivity index is 1.62. The summed E-state index contributed by atoms with van der Waals surface area (Å²) in [5.74, 6) is 0.0157. The standard InChI is InChI=1S/C15H13ClN2O2S/c16-8-10-9-21-13(17-10)6-3-7-18-14(19)11-4-1-2-5-12(11)15(18)20/h1-2,4-5,9H,3,6-8H2. The molecule has 108 valence electrons. The maximum atomic E-state index is 12.2. The SMILES string of the molecule is O=C1c2ccccc2C(=O)N1CCCc1nc(CCl)cs1. The summed E-state index contributed by atoms with van der Waals surface area (Å²) < 4.78 is 0. The van der Waals surface area contributed by atoms with E-state index in [-0.39, 0.29) is 11.8 Å². The van der Waals surface area contributed by atoms with Crippen LogP contribution < -0.4 is 0 Å². The Bertz CT molecular complexity index is 663. The van der Waals surface area contributed by atoms with Crippen molar-refractivity contribution in [2.75, 3.05) is 6.54 Å². The third kappa shape index (κ3) is 2.71. The van der Waals surface area contributed by atoms with Crippen LogP contribution in [0.2, 0.25) is 0 Å². The molecule has 1 aromatic heterocycles. The van der Waals surface area contributed by atoms with Gasteiger partial charge in [-0.2, -0.15) is 0 Å². The van der Waals surface area contributed by atoms with Crippen LogP contribution in [0.25, 0.3) is 0 Å². The zero-order valence-corrected chi connectivity index (χ0v) is 12.8. The number of benzene rings is 1. The van der Waals surface area contributed by atoms with Crippen molar-refractivity contribution >= 4 is 34.8 Å². The fourth-order valence-electron chi connectivity index (χ4n) is 2.36. The molecule has 4 nitrogen and oxygen atoms in total. The maximum absolute atomic E-state index is 12.2. The van der Waals surface area contributed by atoms with E-state index in [1.165, 1.54) is 4.90 Å². The van der Waals surface area contributed by atoms with E-state index in [1.807, 2.05) is 5.38 Å². The molecule has 1 aromatic carbocycles. The number of aryl methyl sites for hydroxylation is 1. The normalized spacial score (nSPS) is 13.9. The van der Waals surface area contributed by atoms with Crippen LogP contribution in [0.1, 0.15) is 37.8 Å². The molecular formula is C15H13ClN2O2S. The smallest absolute Gasteiger partial charge is 0.261 e. The number of rotatable bonds is 5.